The molecule has 2 heteroatoms. The molecule has 1 nitrogen and oxygen atoms in total. The van der Waals surface area contributed by atoms with Gasteiger partial charge in [0, 0.05) is 22.7 Å². The van der Waals surface area contributed by atoms with E-state index in [-0.39, 0.29) is 5.82 Å². The van der Waals surface area contributed by atoms with Gasteiger partial charge in [0.25, 0.3) is 0 Å². The van der Waals surface area contributed by atoms with Crippen LogP contribution in [0.4, 0.5) is 4.39 Å². The smallest absolute Gasteiger partial charge is 0.123 e. The van der Waals surface area contributed by atoms with Crippen molar-refractivity contribution in [2.24, 2.45) is 0 Å². The fourth-order valence-electron chi connectivity index (χ4n) is 1.88. The second-order valence-corrected chi connectivity index (χ2v) is 4.13. The molecule has 0 aliphatic rings. The average molecular weight is 247 g/mol. The van der Waals surface area contributed by atoms with E-state index in [0.29, 0.717) is 0 Å². The highest BCUT2D eigenvalue weighted by atomic mass is 19.1. The Morgan fingerprint density at radius 2 is 1.63 bits per heavy atom. The lowest BCUT2D eigenvalue weighted by Crippen LogP contribution is -1.83. The topological polar surface area (TPSA) is 12.9 Å². The zero-order valence-corrected chi connectivity index (χ0v) is 10.1. The van der Waals surface area contributed by atoms with Gasteiger partial charge in [-0.15, -0.1) is 0 Å². The zero-order valence-electron chi connectivity index (χ0n) is 10.1. The lowest BCUT2D eigenvalue weighted by atomic mass is 10.1. The van der Waals surface area contributed by atoms with Gasteiger partial charge in [0.1, 0.15) is 5.82 Å². The first-order valence-corrected chi connectivity index (χ1v) is 5.94. The van der Waals surface area contributed by atoms with Crippen LogP contribution in [0.25, 0.3) is 10.9 Å². The van der Waals surface area contributed by atoms with E-state index in [9.17, 15) is 4.39 Å². The monoisotopic (exact) mass is 247 g/mol. The van der Waals surface area contributed by atoms with Gasteiger partial charge >= 0.3 is 0 Å². The molecule has 0 radical (unpaired) electrons. The molecule has 0 bridgehead atoms. The molecular formula is C17H10FN. The number of pyridine rings is 1. The maximum atomic E-state index is 12.8. The molecule has 3 rings (SSSR count). The summed E-state index contributed by atoms with van der Waals surface area (Å²) in [5, 5.41) is 1.03. The van der Waals surface area contributed by atoms with E-state index in [1.165, 1.54) is 12.1 Å². The third-order valence-electron chi connectivity index (χ3n) is 2.83. The van der Waals surface area contributed by atoms with E-state index >= 15 is 0 Å². The van der Waals surface area contributed by atoms with Gasteiger partial charge < -0.3 is 0 Å². The zero-order chi connectivity index (χ0) is 13.1. The van der Waals surface area contributed by atoms with Crippen molar-refractivity contribution >= 4 is 10.9 Å². The van der Waals surface area contributed by atoms with Gasteiger partial charge in [-0.1, -0.05) is 30.0 Å². The Balaban J connectivity index is 2.05. The molecule has 0 N–H and O–H groups in total. The molecule has 0 atom stereocenters. The van der Waals surface area contributed by atoms with Gasteiger partial charge in [-0.2, -0.15) is 0 Å². The minimum absolute atomic E-state index is 0.250. The maximum absolute atomic E-state index is 12.8. The van der Waals surface area contributed by atoms with E-state index in [1.54, 1.807) is 18.3 Å². The summed E-state index contributed by atoms with van der Waals surface area (Å²) in [5.41, 5.74) is 2.64. The average Bonchev–Trinajstić information content (AvgIpc) is 2.47. The number of halogens is 1. The summed E-state index contributed by atoms with van der Waals surface area (Å²) in [6, 6.07) is 15.9. The summed E-state index contributed by atoms with van der Waals surface area (Å²) in [7, 11) is 0. The van der Waals surface area contributed by atoms with Crippen LogP contribution in [0.3, 0.4) is 0 Å². The fraction of sp³-hybridized carbons (Fsp3) is 0. The number of hydrogen-bond acceptors (Lipinski definition) is 1. The first-order chi connectivity index (χ1) is 9.33. The van der Waals surface area contributed by atoms with Crippen LogP contribution >= 0.6 is 0 Å². The van der Waals surface area contributed by atoms with Crippen LogP contribution in [0.5, 0.6) is 0 Å². The van der Waals surface area contributed by atoms with Crippen molar-refractivity contribution in [2.45, 2.75) is 0 Å². The molecule has 90 valence electrons. The quantitative estimate of drug-likeness (QED) is 0.551. The minimum atomic E-state index is -0.250. The molecule has 19 heavy (non-hydrogen) atoms. The molecule has 0 aliphatic carbocycles. The Hall–Kier alpha value is -2.66. The van der Waals surface area contributed by atoms with Crippen LogP contribution in [0, 0.1) is 17.7 Å². The SMILES string of the molecule is Fc1ccc(C#Cc2ccnc3ccccc23)cc1. The maximum Gasteiger partial charge on any atom is 0.123 e. The molecule has 0 aliphatic heterocycles. The molecular weight excluding hydrogens is 237 g/mol. The molecule has 1 heterocycles. The number of rotatable bonds is 0. The lowest BCUT2D eigenvalue weighted by Gasteiger charge is -1.98. The van der Waals surface area contributed by atoms with E-state index in [0.717, 1.165) is 22.0 Å². The number of hydrogen-bond donors (Lipinski definition) is 0. The van der Waals surface area contributed by atoms with Crippen molar-refractivity contribution in [2.75, 3.05) is 0 Å². The molecule has 0 spiro atoms. The molecule has 0 saturated carbocycles. The van der Waals surface area contributed by atoms with Crippen molar-refractivity contribution in [1.82, 2.24) is 4.98 Å². The van der Waals surface area contributed by atoms with Crippen LogP contribution in [-0.4, -0.2) is 4.98 Å². The standard InChI is InChI=1S/C17H10FN/c18-15-9-6-13(7-10-15)5-8-14-11-12-19-17-4-2-1-3-16(14)17/h1-4,6-7,9-12H. The fourth-order valence-corrected chi connectivity index (χ4v) is 1.88. The summed E-state index contributed by atoms with van der Waals surface area (Å²) in [5.74, 6) is 5.90. The first-order valence-electron chi connectivity index (χ1n) is 5.94. The van der Waals surface area contributed by atoms with Gasteiger partial charge in [-0.25, -0.2) is 4.39 Å². The third-order valence-corrected chi connectivity index (χ3v) is 2.83. The largest absolute Gasteiger partial charge is 0.256 e. The summed E-state index contributed by atoms with van der Waals surface area (Å²) in [6.45, 7) is 0. The van der Waals surface area contributed by atoms with E-state index < -0.39 is 0 Å². The number of nitrogens with zero attached hydrogens (tertiary/aromatic N) is 1. The molecule has 1 aromatic heterocycles. The van der Waals surface area contributed by atoms with E-state index in [4.69, 9.17) is 0 Å². The summed E-state index contributed by atoms with van der Waals surface area (Å²) in [6.07, 6.45) is 1.75. The number of para-hydroxylation sites is 1. The Labute approximate surface area is 110 Å². The number of aromatic nitrogens is 1. The predicted octanol–water partition coefficient (Wildman–Crippen LogP) is 3.77. The van der Waals surface area contributed by atoms with Gasteiger partial charge in [0.15, 0.2) is 0 Å². The second-order valence-electron chi connectivity index (χ2n) is 4.13. The van der Waals surface area contributed by atoms with Gasteiger partial charge in [0.2, 0.25) is 0 Å². The minimum Gasteiger partial charge on any atom is -0.256 e. The van der Waals surface area contributed by atoms with Gasteiger partial charge in [-0.3, -0.25) is 4.98 Å². The molecule has 0 fully saturated rings. The number of fused-ring (bicyclic) bond motifs is 1. The predicted molar refractivity (Wildman–Crippen MR) is 74.1 cm³/mol. The van der Waals surface area contributed by atoms with Crippen molar-refractivity contribution in [3.63, 3.8) is 0 Å². The molecule has 0 unspecified atom stereocenters. The van der Waals surface area contributed by atoms with Crippen LogP contribution < -0.4 is 0 Å². The normalized spacial score (nSPS) is 9.95. The van der Waals surface area contributed by atoms with Gasteiger partial charge in [0.05, 0.1) is 5.52 Å². The van der Waals surface area contributed by atoms with E-state index in [1.807, 2.05) is 30.3 Å². The van der Waals surface area contributed by atoms with Crippen molar-refractivity contribution < 1.29 is 4.39 Å². The summed E-state index contributed by atoms with van der Waals surface area (Å²) >= 11 is 0. The van der Waals surface area contributed by atoms with E-state index in [2.05, 4.69) is 16.8 Å². The Morgan fingerprint density at radius 3 is 2.47 bits per heavy atom. The van der Waals surface area contributed by atoms with Crippen LogP contribution in [0.15, 0.2) is 60.8 Å². The molecule has 0 amide bonds. The Morgan fingerprint density at radius 1 is 0.842 bits per heavy atom. The highest BCUT2D eigenvalue weighted by molar-refractivity contribution is 5.84. The highest BCUT2D eigenvalue weighted by Crippen LogP contribution is 2.15. The van der Waals surface area contributed by atoms with Crippen molar-refractivity contribution in [3.8, 4) is 11.8 Å². The van der Waals surface area contributed by atoms with Crippen molar-refractivity contribution in [3.05, 3.63) is 77.7 Å². The molecule has 2 aromatic carbocycles. The first kappa shape index (κ1) is 11.4. The molecule has 3 aromatic rings. The lowest BCUT2D eigenvalue weighted by molar-refractivity contribution is 0.627. The highest BCUT2D eigenvalue weighted by Gasteiger charge is 1.97. The van der Waals surface area contributed by atoms with Crippen LogP contribution in [0.1, 0.15) is 11.1 Å². The second kappa shape index (κ2) is 4.91. The van der Waals surface area contributed by atoms with Gasteiger partial charge in [-0.05, 0) is 36.4 Å². The summed E-state index contributed by atoms with van der Waals surface area (Å²) in [4.78, 5) is 4.29. The number of benzene rings is 2. The third kappa shape index (κ3) is 2.46. The van der Waals surface area contributed by atoms with Crippen LogP contribution in [0.2, 0.25) is 0 Å². The Kier molecular flexibility index (Phi) is 2.96. The van der Waals surface area contributed by atoms with Crippen molar-refractivity contribution in [1.29, 1.82) is 0 Å². The van der Waals surface area contributed by atoms with Crippen LogP contribution in [-0.2, 0) is 0 Å². The molecule has 0 saturated heterocycles. The summed E-state index contributed by atoms with van der Waals surface area (Å²) < 4.78 is 12.8. The Bertz CT molecular complexity index is 774.